The molecule has 0 bridgehead atoms. The zero-order valence-corrected chi connectivity index (χ0v) is 8.33. The quantitative estimate of drug-likeness (QED) is 0.852. The molecule has 0 radical (unpaired) electrons. The third kappa shape index (κ3) is 1.98. The van der Waals surface area contributed by atoms with Gasteiger partial charge < -0.3 is 10.3 Å². The molecule has 0 spiro atoms. The van der Waals surface area contributed by atoms with Gasteiger partial charge in [0.05, 0.1) is 11.6 Å². The van der Waals surface area contributed by atoms with E-state index in [1.807, 2.05) is 0 Å². The predicted octanol–water partition coefficient (Wildman–Crippen LogP) is 1.99. The largest absolute Gasteiger partial charge is 0.334 e. The average molecular weight is 228 g/mol. The molecule has 2 rings (SSSR count). The van der Waals surface area contributed by atoms with E-state index in [-0.39, 0.29) is 17.5 Å². The first kappa shape index (κ1) is 10.1. The zero-order valence-electron chi connectivity index (χ0n) is 7.58. The maximum absolute atomic E-state index is 12.9. The highest BCUT2D eigenvalue weighted by Crippen LogP contribution is 2.23. The van der Waals surface area contributed by atoms with E-state index in [1.165, 1.54) is 18.2 Å². The fourth-order valence-corrected chi connectivity index (χ4v) is 1.26. The molecule has 0 atom stereocenters. The lowest BCUT2D eigenvalue weighted by Gasteiger charge is -1.96. The van der Waals surface area contributed by atoms with Gasteiger partial charge in [-0.05, 0) is 18.2 Å². The summed E-state index contributed by atoms with van der Waals surface area (Å²) in [5, 5.41) is 3.63. The predicted molar refractivity (Wildman–Crippen MR) is 52.6 cm³/mol. The summed E-state index contributed by atoms with van der Waals surface area (Å²) in [5.74, 6) is 0.182. The van der Waals surface area contributed by atoms with E-state index in [4.69, 9.17) is 21.9 Å². The number of nitrogens with two attached hydrogens (primary N) is 1. The monoisotopic (exact) mass is 227 g/mol. The average Bonchev–Trinajstić information content (AvgIpc) is 2.70. The Balaban J connectivity index is 2.40. The highest BCUT2D eigenvalue weighted by Gasteiger charge is 2.09. The number of hydrogen-bond acceptors (Lipinski definition) is 4. The van der Waals surface area contributed by atoms with Gasteiger partial charge in [-0.3, -0.25) is 0 Å². The van der Waals surface area contributed by atoms with Crippen LogP contribution in [0, 0.1) is 5.82 Å². The van der Waals surface area contributed by atoms with Gasteiger partial charge in [-0.15, -0.1) is 0 Å². The number of benzene rings is 1. The molecule has 0 amide bonds. The summed E-state index contributed by atoms with van der Waals surface area (Å²) in [5.41, 5.74) is 5.89. The second-order valence-corrected chi connectivity index (χ2v) is 3.26. The Hall–Kier alpha value is -1.46. The van der Waals surface area contributed by atoms with E-state index in [1.54, 1.807) is 0 Å². The van der Waals surface area contributed by atoms with Crippen LogP contribution < -0.4 is 5.73 Å². The molecule has 0 saturated carbocycles. The molecule has 0 aliphatic carbocycles. The minimum absolute atomic E-state index is 0.0139. The van der Waals surface area contributed by atoms with E-state index < -0.39 is 5.82 Å². The molecule has 0 fully saturated rings. The third-order valence-corrected chi connectivity index (χ3v) is 2.11. The van der Waals surface area contributed by atoms with Crippen LogP contribution in [0.2, 0.25) is 5.02 Å². The Labute approximate surface area is 89.8 Å². The Kier molecular flexibility index (Phi) is 2.66. The van der Waals surface area contributed by atoms with Crippen LogP contribution in [0.3, 0.4) is 0 Å². The second kappa shape index (κ2) is 3.96. The lowest BCUT2D eigenvalue weighted by molar-refractivity contribution is 0.423. The fraction of sp³-hybridized carbons (Fsp3) is 0.111. The smallest absolute Gasteiger partial charge is 0.258 e. The van der Waals surface area contributed by atoms with Crippen LogP contribution >= 0.6 is 11.6 Å². The van der Waals surface area contributed by atoms with Gasteiger partial charge >= 0.3 is 0 Å². The standard InChI is InChI=1S/C9H7ClFN3O/c10-6-3-5(1-2-7(6)11)9-13-8(4-12)14-15-9/h1-3H,4,12H2. The van der Waals surface area contributed by atoms with Gasteiger partial charge in [-0.1, -0.05) is 16.8 Å². The van der Waals surface area contributed by atoms with Gasteiger partial charge in [-0.2, -0.15) is 4.98 Å². The lowest BCUT2D eigenvalue weighted by atomic mass is 10.2. The third-order valence-electron chi connectivity index (χ3n) is 1.82. The van der Waals surface area contributed by atoms with Gasteiger partial charge in [0.15, 0.2) is 5.82 Å². The summed E-state index contributed by atoms with van der Waals surface area (Å²) >= 11 is 5.61. The van der Waals surface area contributed by atoms with Crippen LogP contribution in [-0.2, 0) is 6.54 Å². The fourth-order valence-electron chi connectivity index (χ4n) is 1.08. The van der Waals surface area contributed by atoms with Crippen molar-refractivity contribution in [1.82, 2.24) is 10.1 Å². The molecule has 2 N–H and O–H groups in total. The van der Waals surface area contributed by atoms with Crippen LogP contribution in [0.4, 0.5) is 4.39 Å². The first-order valence-corrected chi connectivity index (χ1v) is 4.56. The van der Waals surface area contributed by atoms with Gasteiger partial charge in [0, 0.05) is 5.56 Å². The molecule has 15 heavy (non-hydrogen) atoms. The maximum atomic E-state index is 12.9. The van der Waals surface area contributed by atoms with Crippen molar-refractivity contribution in [3.8, 4) is 11.5 Å². The van der Waals surface area contributed by atoms with E-state index in [9.17, 15) is 4.39 Å². The molecule has 1 heterocycles. The SMILES string of the molecule is NCc1noc(-c2ccc(F)c(Cl)c2)n1. The van der Waals surface area contributed by atoms with Crippen molar-refractivity contribution in [1.29, 1.82) is 0 Å². The van der Waals surface area contributed by atoms with Crippen LogP contribution in [0.15, 0.2) is 22.7 Å². The molecular weight excluding hydrogens is 221 g/mol. The molecular formula is C9H7ClFN3O. The minimum Gasteiger partial charge on any atom is -0.334 e. The van der Waals surface area contributed by atoms with Crippen LogP contribution in [0.25, 0.3) is 11.5 Å². The molecule has 0 saturated heterocycles. The minimum atomic E-state index is -0.487. The van der Waals surface area contributed by atoms with Crippen LogP contribution in [0.1, 0.15) is 5.82 Å². The van der Waals surface area contributed by atoms with Crippen molar-refractivity contribution < 1.29 is 8.91 Å². The van der Waals surface area contributed by atoms with E-state index in [0.717, 1.165) is 0 Å². The zero-order chi connectivity index (χ0) is 10.8. The molecule has 1 aromatic heterocycles. The Morgan fingerprint density at radius 3 is 2.87 bits per heavy atom. The first-order chi connectivity index (χ1) is 7.20. The maximum Gasteiger partial charge on any atom is 0.258 e. The van der Waals surface area contributed by atoms with Crippen LogP contribution in [-0.4, -0.2) is 10.1 Å². The van der Waals surface area contributed by atoms with Gasteiger partial charge in [0.1, 0.15) is 5.82 Å². The summed E-state index contributed by atoms with van der Waals surface area (Å²) in [7, 11) is 0. The number of halogens is 2. The highest BCUT2D eigenvalue weighted by atomic mass is 35.5. The van der Waals surface area contributed by atoms with Crippen molar-refractivity contribution in [2.24, 2.45) is 5.73 Å². The summed E-state index contributed by atoms with van der Waals surface area (Å²) < 4.78 is 17.8. The van der Waals surface area contributed by atoms with Crippen molar-refractivity contribution in [3.63, 3.8) is 0 Å². The van der Waals surface area contributed by atoms with E-state index in [0.29, 0.717) is 11.4 Å². The molecule has 4 nitrogen and oxygen atoms in total. The summed E-state index contributed by atoms with van der Waals surface area (Å²) in [6.07, 6.45) is 0. The first-order valence-electron chi connectivity index (χ1n) is 4.19. The number of aromatic nitrogens is 2. The topological polar surface area (TPSA) is 64.9 Å². The van der Waals surface area contributed by atoms with Crippen molar-refractivity contribution in [2.75, 3.05) is 0 Å². The van der Waals surface area contributed by atoms with Gasteiger partial charge in [0.2, 0.25) is 0 Å². The molecule has 0 aliphatic rings. The number of rotatable bonds is 2. The summed E-state index contributed by atoms with van der Waals surface area (Å²) in [6, 6.07) is 4.17. The van der Waals surface area contributed by atoms with E-state index in [2.05, 4.69) is 10.1 Å². The van der Waals surface area contributed by atoms with Gasteiger partial charge in [-0.25, -0.2) is 4.39 Å². The molecule has 2 aromatic rings. The Morgan fingerprint density at radius 1 is 1.47 bits per heavy atom. The second-order valence-electron chi connectivity index (χ2n) is 2.85. The molecule has 6 heteroatoms. The normalized spacial score (nSPS) is 10.6. The Morgan fingerprint density at radius 2 is 2.27 bits per heavy atom. The molecule has 1 aromatic carbocycles. The van der Waals surface area contributed by atoms with Crippen molar-refractivity contribution >= 4 is 11.6 Å². The van der Waals surface area contributed by atoms with Crippen LogP contribution in [0.5, 0.6) is 0 Å². The van der Waals surface area contributed by atoms with Crippen molar-refractivity contribution in [2.45, 2.75) is 6.54 Å². The lowest BCUT2D eigenvalue weighted by Crippen LogP contribution is -1.97. The van der Waals surface area contributed by atoms with Gasteiger partial charge in [0.25, 0.3) is 5.89 Å². The molecule has 0 aliphatic heterocycles. The van der Waals surface area contributed by atoms with E-state index >= 15 is 0 Å². The molecule has 78 valence electrons. The number of hydrogen-bond donors (Lipinski definition) is 1. The van der Waals surface area contributed by atoms with Crippen molar-refractivity contribution in [3.05, 3.63) is 34.9 Å². The summed E-state index contributed by atoms with van der Waals surface area (Å²) in [6.45, 7) is 0.193. The Bertz CT molecular complexity index is 486. The molecule has 0 unspecified atom stereocenters. The number of nitrogens with zero attached hydrogens (tertiary/aromatic N) is 2. The highest BCUT2D eigenvalue weighted by molar-refractivity contribution is 6.31. The summed E-state index contributed by atoms with van der Waals surface area (Å²) in [4.78, 5) is 3.99.